The zero-order valence-electron chi connectivity index (χ0n) is 13.2. The van der Waals surface area contributed by atoms with Crippen molar-refractivity contribution in [1.29, 1.82) is 0 Å². The third kappa shape index (κ3) is 5.14. The quantitative estimate of drug-likeness (QED) is 0.645. The van der Waals surface area contributed by atoms with Crippen LogP contribution in [0, 0.1) is 6.92 Å². The Labute approximate surface area is 140 Å². The van der Waals surface area contributed by atoms with Gasteiger partial charge in [-0.25, -0.2) is 0 Å². The van der Waals surface area contributed by atoms with E-state index in [1.54, 1.807) is 13.0 Å². The van der Waals surface area contributed by atoms with Gasteiger partial charge in [0.1, 0.15) is 0 Å². The lowest BCUT2D eigenvalue weighted by atomic mass is 10.1. The summed E-state index contributed by atoms with van der Waals surface area (Å²) in [5.74, 6) is -0.134. The van der Waals surface area contributed by atoms with Crippen molar-refractivity contribution in [2.45, 2.75) is 18.7 Å². The summed E-state index contributed by atoms with van der Waals surface area (Å²) in [6.45, 7) is 4.07. The number of carbonyl (C=O) groups excluding carboxylic acids is 2. The van der Waals surface area contributed by atoms with Gasteiger partial charge in [-0.15, -0.1) is 11.8 Å². The molecule has 0 saturated heterocycles. The summed E-state index contributed by atoms with van der Waals surface area (Å²) in [4.78, 5) is 24.6. The fraction of sp³-hybridized carbons (Fsp3) is 0.222. The van der Waals surface area contributed by atoms with Crippen LogP contribution in [0.3, 0.4) is 0 Å². The molecule has 0 fully saturated rings. The number of amides is 1. The topological polar surface area (TPSA) is 55.4 Å². The Kier molecular flexibility index (Phi) is 6.23. The minimum absolute atomic E-state index is 0.143. The number of esters is 1. The normalized spacial score (nSPS) is 10.2. The van der Waals surface area contributed by atoms with Crippen LogP contribution in [0.4, 0.5) is 5.69 Å². The van der Waals surface area contributed by atoms with Gasteiger partial charge in [0.2, 0.25) is 0 Å². The number of aryl methyl sites for hydroxylation is 1. The summed E-state index contributed by atoms with van der Waals surface area (Å²) < 4.78 is 4.90. The van der Waals surface area contributed by atoms with Crippen molar-refractivity contribution < 1.29 is 14.3 Å². The molecule has 0 heterocycles. The Morgan fingerprint density at radius 1 is 1.13 bits per heavy atom. The highest BCUT2D eigenvalue weighted by molar-refractivity contribution is 8.00. The first-order valence-corrected chi connectivity index (χ1v) is 8.34. The van der Waals surface area contributed by atoms with Crippen LogP contribution in [0.2, 0.25) is 0 Å². The van der Waals surface area contributed by atoms with E-state index in [0.717, 1.165) is 10.5 Å². The minimum Gasteiger partial charge on any atom is -0.465 e. The number of anilines is 1. The molecule has 0 aliphatic heterocycles. The van der Waals surface area contributed by atoms with Gasteiger partial charge in [-0.05, 0) is 43.7 Å². The molecule has 0 spiro atoms. The summed E-state index contributed by atoms with van der Waals surface area (Å²) >= 11 is 1.38. The lowest BCUT2D eigenvalue weighted by Crippen LogP contribution is -2.13. The first-order valence-electron chi connectivity index (χ1n) is 7.35. The lowest BCUT2D eigenvalue weighted by molar-refractivity contribution is -0.139. The van der Waals surface area contributed by atoms with E-state index < -0.39 is 0 Å². The van der Waals surface area contributed by atoms with Crippen LogP contribution in [0.5, 0.6) is 0 Å². The molecule has 0 aromatic heterocycles. The third-order valence-corrected chi connectivity index (χ3v) is 4.11. The fourth-order valence-corrected chi connectivity index (χ4v) is 2.79. The zero-order chi connectivity index (χ0) is 16.7. The van der Waals surface area contributed by atoms with Crippen molar-refractivity contribution >= 4 is 29.3 Å². The molecule has 0 aliphatic rings. The number of ether oxygens (including phenoxy) is 1. The van der Waals surface area contributed by atoms with E-state index in [4.69, 9.17) is 4.74 Å². The average molecular weight is 329 g/mol. The van der Waals surface area contributed by atoms with Gasteiger partial charge in [-0.2, -0.15) is 0 Å². The lowest BCUT2D eigenvalue weighted by Gasteiger charge is -2.09. The number of carbonyl (C=O) groups is 2. The molecule has 1 amide bonds. The van der Waals surface area contributed by atoms with Crippen LogP contribution in [-0.4, -0.2) is 24.2 Å². The van der Waals surface area contributed by atoms with Crippen LogP contribution < -0.4 is 5.32 Å². The van der Waals surface area contributed by atoms with Crippen molar-refractivity contribution in [2.75, 3.05) is 17.7 Å². The summed E-state index contributed by atoms with van der Waals surface area (Å²) in [5.41, 5.74) is 2.28. The van der Waals surface area contributed by atoms with Crippen molar-refractivity contribution in [3.8, 4) is 0 Å². The molecule has 0 bridgehead atoms. The third-order valence-electron chi connectivity index (χ3n) is 3.14. The molecule has 23 heavy (non-hydrogen) atoms. The van der Waals surface area contributed by atoms with E-state index in [0.29, 0.717) is 17.9 Å². The van der Waals surface area contributed by atoms with Crippen molar-refractivity contribution in [3.05, 3.63) is 59.7 Å². The van der Waals surface area contributed by atoms with E-state index in [1.807, 2.05) is 49.4 Å². The molecular weight excluding hydrogens is 310 g/mol. The average Bonchev–Trinajstić information content (AvgIpc) is 2.54. The number of nitrogens with one attached hydrogen (secondary N) is 1. The Morgan fingerprint density at radius 2 is 1.91 bits per heavy atom. The summed E-state index contributed by atoms with van der Waals surface area (Å²) in [6.07, 6.45) is 0. The van der Waals surface area contributed by atoms with Gasteiger partial charge in [0.25, 0.3) is 5.91 Å². The first kappa shape index (κ1) is 17.1. The van der Waals surface area contributed by atoms with Gasteiger partial charge in [-0.1, -0.05) is 24.3 Å². The summed E-state index contributed by atoms with van der Waals surface area (Å²) in [5, 5.41) is 2.88. The van der Waals surface area contributed by atoms with Gasteiger partial charge in [0, 0.05) is 16.1 Å². The standard InChI is InChI=1S/C18H19NO3S/c1-3-22-17(20)12-23-15-9-6-8-14(11-15)19-18(21)16-10-5-4-7-13(16)2/h4-11H,3,12H2,1-2H3,(H,19,21). The zero-order valence-corrected chi connectivity index (χ0v) is 14.0. The van der Waals surface area contributed by atoms with Crippen LogP contribution in [0.25, 0.3) is 0 Å². The van der Waals surface area contributed by atoms with E-state index in [1.165, 1.54) is 11.8 Å². The molecule has 2 aromatic carbocycles. The molecular formula is C18H19NO3S. The highest BCUT2D eigenvalue weighted by atomic mass is 32.2. The largest absolute Gasteiger partial charge is 0.465 e. The van der Waals surface area contributed by atoms with Crippen molar-refractivity contribution in [1.82, 2.24) is 0 Å². The first-order chi connectivity index (χ1) is 11.1. The number of benzene rings is 2. The SMILES string of the molecule is CCOC(=O)CSc1cccc(NC(=O)c2ccccc2C)c1. The predicted molar refractivity (Wildman–Crippen MR) is 92.9 cm³/mol. The molecule has 120 valence electrons. The Bertz CT molecular complexity index is 700. The number of hydrogen-bond donors (Lipinski definition) is 1. The maximum absolute atomic E-state index is 12.3. The second kappa shape index (κ2) is 8.39. The van der Waals surface area contributed by atoms with E-state index in [-0.39, 0.29) is 17.6 Å². The molecule has 0 atom stereocenters. The number of rotatable bonds is 6. The number of thioether (sulfide) groups is 1. The van der Waals surface area contributed by atoms with Crippen LogP contribution in [0.1, 0.15) is 22.8 Å². The molecule has 5 heteroatoms. The molecule has 2 rings (SSSR count). The molecule has 4 nitrogen and oxygen atoms in total. The second-order valence-corrected chi connectivity index (χ2v) is 5.94. The molecule has 1 N–H and O–H groups in total. The fourth-order valence-electron chi connectivity index (χ4n) is 2.03. The Hall–Kier alpha value is -2.27. The van der Waals surface area contributed by atoms with Gasteiger partial charge in [-0.3, -0.25) is 9.59 Å². The summed E-state index contributed by atoms with van der Waals surface area (Å²) in [7, 11) is 0. The highest BCUT2D eigenvalue weighted by Gasteiger charge is 2.09. The minimum atomic E-state index is -0.244. The molecule has 0 saturated carbocycles. The maximum Gasteiger partial charge on any atom is 0.316 e. The molecule has 0 radical (unpaired) electrons. The molecule has 0 aliphatic carbocycles. The van der Waals surface area contributed by atoms with Crippen LogP contribution >= 0.6 is 11.8 Å². The van der Waals surface area contributed by atoms with Crippen molar-refractivity contribution in [3.63, 3.8) is 0 Å². The van der Waals surface area contributed by atoms with Gasteiger partial charge in [0.05, 0.1) is 12.4 Å². The summed E-state index contributed by atoms with van der Waals surface area (Å²) in [6, 6.07) is 14.9. The Balaban J connectivity index is 2.01. The Morgan fingerprint density at radius 3 is 2.65 bits per heavy atom. The smallest absolute Gasteiger partial charge is 0.316 e. The second-order valence-electron chi connectivity index (χ2n) is 4.89. The van der Waals surface area contributed by atoms with Crippen LogP contribution in [0.15, 0.2) is 53.4 Å². The highest BCUT2D eigenvalue weighted by Crippen LogP contribution is 2.22. The predicted octanol–water partition coefficient (Wildman–Crippen LogP) is 3.90. The van der Waals surface area contributed by atoms with Gasteiger partial charge >= 0.3 is 5.97 Å². The van der Waals surface area contributed by atoms with E-state index in [9.17, 15) is 9.59 Å². The van der Waals surface area contributed by atoms with E-state index >= 15 is 0 Å². The number of hydrogen-bond acceptors (Lipinski definition) is 4. The van der Waals surface area contributed by atoms with Crippen LogP contribution in [-0.2, 0) is 9.53 Å². The molecule has 0 unspecified atom stereocenters. The van der Waals surface area contributed by atoms with E-state index in [2.05, 4.69) is 5.32 Å². The molecule has 2 aromatic rings. The van der Waals surface area contributed by atoms with Crippen molar-refractivity contribution in [2.24, 2.45) is 0 Å². The monoisotopic (exact) mass is 329 g/mol. The van der Waals surface area contributed by atoms with Gasteiger partial charge in [0.15, 0.2) is 0 Å². The van der Waals surface area contributed by atoms with Gasteiger partial charge < -0.3 is 10.1 Å². The maximum atomic E-state index is 12.3.